The molecule has 0 unspecified atom stereocenters. The molecule has 1 aromatic rings. The van der Waals surface area contributed by atoms with Crippen molar-refractivity contribution < 1.29 is 68.7 Å². The summed E-state index contributed by atoms with van der Waals surface area (Å²) in [5.41, 5.74) is 0.342. The summed E-state index contributed by atoms with van der Waals surface area (Å²) in [6, 6.07) is 3.59. The molecule has 0 aliphatic rings. The molecule has 1 rings (SSSR count). The normalized spacial score (nSPS) is 10.9. The molecule has 0 aromatic heterocycles. The summed E-state index contributed by atoms with van der Waals surface area (Å²) in [6.45, 7) is -3.36. The zero-order chi connectivity index (χ0) is 10.1. The van der Waals surface area contributed by atoms with Crippen LogP contribution in [-0.4, -0.2) is 6.98 Å². The van der Waals surface area contributed by atoms with Crippen LogP contribution < -0.4 is 51.4 Å². The maximum atomic E-state index is 12.8. The van der Waals surface area contributed by atoms with Crippen molar-refractivity contribution in [3.05, 3.63) is 35.1 Å². The summed E-state index contributed by atoms with van der Waals surface area (Å²) >= 11 is 0. The first kappa shape index (κ1) is 14.6. The first-order chi connectivity index (χ1) is 5.88. The summed E-state index contributed by atoms with van der Waals surface area (Å²) < 4.78 is 48.5. The quantitative estimate of drug-likeness (QED) is 0.498. The summed E-state index contributed by atoms with van der Waals surface area (Å²) in [5.74, 6) is -0.586. The molecule has 0 aliphatic carbocycles. The fourth-order valence-corrected chi connectivity index (χ4v) is 1.03. The van der Waals surface area contributed by atoms with E-state index in [1.165, 1.54) is 19.1 Å². The number of aryl methyl sites for hydroxylation is 1. The van der Waals surface area contributed by atoms with Gasteiger partial charge in [0.1, 0.15) is 5.82 Å². The van der Waals surface area contributed by atoms with Gasteiger partial charge in [-0.25, -0.2) is 4.39 Å². The second-order valence-corrected chi connectivity index (χ2v) is 3.00. The predicted octanol–water partition coefficient (Wildman–Crippen LogP) is 0.0672. The summed E-state index contributed by atoms with van der Waals surface area (Å²) in [4.78, 5) is 0. The Morgan fingerprint density at radius 3 is 2.21 bits per heavy atom. The predicted molar refractivity (Wildman–Crippen MR) is 43.9 cm³/mol. The molecule has 0 N–H and O–H groups in total. The Hall–Kier alpha value is 0.641. The first-order valence-electron chi connectivity index (χ1n) is 3.84. The molecule has 0 fully saturated rings. The van der Waals surface area contributed by atoms with Crippen LogP contribution in [0.1, 0.15) is 11.1 Å². The molecule has 0 amide bonds. The molecule has 72 valence electrons. The molecular weight excluding hydrogens is 222 g/mol. The number of hydrogen-bond acceptors (Lipinski definition) is 0. The summed E-state index contributed by atoms with van der Waals surface area (Å²) in [6.07, 6.45) is -1.02. The minimum atomic E-state index is -4.87. The molecule has 0 nitrogen and oxygen atoms in total. The SMILES string of the molecule is Cc1ccc(C[B-](F)(F)F)cc1F.[K+]. The van der Waals surface area contributed by atoms with Gasteiger partial charge in [0.25, 0.3) is 0 Å². The Balaban J connectivity index is 0.00000169. The van der Waals surface area contributed by atoms with E-state index in [1.54, 1.807) is 0 Å². The Morgan fingerprint density at radius 2 is 1.79 bits per heavy atom. The van der Waals surface area contributed by atoms with Gasteiger partial charge < -0.3 is 12.9 Å². The third-order valence-electron chi connectivity index (χ3n) is 1.70. The molecule has 14 heavy (non-hydrogen) atoms. The van der Waals surface area contributed by atoms with Crippen LogP contribution in [0.15, 0.2) is 18.2 Å². The second-order valence-electron chi connectivity index (χ2n) is 3.00. The first-order valence-corrected chi connectivity index (χ1v) is 3.84. The number of benzene rings is 1. The Labute approximate surface area is 123 Å². The maximum absolute atomic E-state index is 12.8. The third kappa shape index (κ3) is 4.93. The van der Waals surface area contributed by atoms with Crippen molar-refractivity contribution in [1.82, 2.24) is 0 Å². The van der Waals surface area contributed by atoms with Crippen LogP contribution in [0.2, 0.25) is 0 Å². The molecule has 0 atom stereocenters. The summed E-state index contributed by atoms with van der Waals surface area (Å²) in [5, 5.41) is 0. The van der Waals surface area contributed by atoms with E-state index >= 15 is 0 Å². The molecule has 0 aliphatic heterocycles. The van der Waals surface area contributed by atoms with E-state index in [0.29, 0.717) is 5.56 Å². The van der Waals surface area contributed by atoms with Crippen molar-refractivity contribution in [2.45, 2.75) is 13.2 Å². The fourth-order valence-electron chi connectivity index (χ4n) is 1.03. The molecule has 0 heterocycles. The second kappa shape index (κ2) is 5.65. The van der Waals surface area contributed by atoms with Crippen molar-refractivity contribution >= 4 is 6.98 Å². The molecule has 0 saturated carbocycles. The maximum Gasteiger partial charge on any atom is 1.00 e. The van der Waals surface area contributed by atoms with Crippen LogP contribution in [0.3, 0.4) is 0 Å². The minimum Gasteiger partial charge on any atom is -0.449 e. The van der Waals surface area contributed by atoms with Gasteiger partial charge in [-0.2, -0.15) is 0 Å². The van der Waals surface area contributed by atoms with E-state index in [2.05, 4.69) is 0 Å². The summed E-state index contributed by atoms with van der Waals surface area (Å²) in [7, 11) is 0. The van der Waals surface area contributed by atoms with E-state index < -0.39 is 19.1 Å². The standard InChI is InChI=1S/C8H8BF4.K/c1-6-2-3-7(4-8(6)10)5-9(11,12)13;/h2-4H,5H2,1H3;/q-1;+1. The Bertz CT molecular complexity index is 311. The van der Waals surface area contributed by atoms with Crippen LogP contribution in [0.4, 0.5) is 17.3 Å². The molecular formula is C8H8BF4K. The van der Waals surface area contributed by atoms with Crippen LogP contribution >= 0.6 is 0 Å². The number of rotatable bonds is 2. The topological polar surface area (TPSA) is 0 Å². The van der Waals surface area contributed by atoms with Crippen LogP contribution in [0.25, 0.3) is 0 Å². The van der Waals surface area contributed by atoms with Gasteiger partial charge in [-0.3, -0.25) is 0 Å². The van der Waals surface area contributed by atoms with E-state index in [1.807, 2.05) is 0 Å². The van der Waals surface area contributed by atoms with E-state index in [9.17, 15) is 17.3 Å². The van der Waals surface area contributed by atoms with Gasteiger partial charge in [-0.15, -0.1) is 0 Å². The van der Waals surface area contributed by atoms with E-state index in [0.717, 1.165) is 6.07 Å². The van der Waals surface area contributed by atoms with Crippen LogP contribution in [0.5, 0.6) is 0 Å². The van der Waals surface area contributed by atoms with Gasteiger partial charge in [-0.05, 0) is 18.6 Å². The van der Waals surface area contributed by atoms with Crippen molar-refractivity contribution in [1.29, 1.82) is 0 Å². The monoisotopic (exact) mass is 230 g/mol. The van der Waals surface area contributed by atoms with Gasteiger partial charge >= 0.3 is 58.4 Å². The number of hydrogen-bond donors (Lipinski definition) is 0. The minimum absolute atomic E-state index is 0. The van der Waals surface area contributed by atoms with Gasteiger partial charge in [0.05, 0.1) is 0 Å². The average molecular weight is 230 g/mol. The van der Waals surface area contributed by atoms with Crippen molar-refractivity contribution in [3.63, 3.8) is 0 Å². The molecule has 0 spiro atoms. The van der Waals surface area contributed by atoms with Gasteiger partial charge in [0.15, 0.2) is 0 Å². The van der Waals surface area contributed by atoms with Crippen molar-refractivity contribution in [2.75, 3.05) is 0 Å². The number of halogens is 4. The van der Waals surface area contributed by atoms with E-state index in [4.69, 9.17) is 0 Å². The van der Waals surface area contributed by atoms with Crippen molar-refractivity contribution in [2.24, 2.45) is 0 Å². The average Bonchev–Trinajstić information content (AvgIpc) is 1.94. The Kier molecular flexibility index (Phi) is 5.91. The molecule has 0 radical (unpaired) electrons. The zero-order valence-corrected chi connectivity index (χ0v) is 11.2. The zero-order valence-electron chi connectivity index (χ0n) is 8.03. The molecule has 6 heteroatoms. The fraction of sp³-hybridized carbons (Fsp3) is 0.250. The van der Waals surface area contributed by atoms with Gasteiger partial charge in [0, 0.05) is 0 Å². The molecule has 1 aromatic carbocycles. The van der Waals surface area contributed by atoms with Crippen LogP contribution in [-0.2, 0) is 6.32 Å². The van der Waals surface area contributed by atoms with Gasteiger partial charge in [0.2, 0.25) is 0 Å². The smallest absolute Gasteiger partial charge is 0.449 e. The van der Waals surface area contributed by atoms with E-state index in [-0.39, 0.29) is 56.9 Å². The molecule has 0 bridgehead atoms. The molecule has 0 saturated heterocycles. The Morgan fingerprint density at radius 1 is 1.21 bits per heavy atom. The van der Waals surface area contributed by atoms with Gasteiger partial charge in [-0.1, -0.05) is 24.0 Å². The van der Waals surface area contributed by atoms with Crippen molar-refractivity contribution in [3.8, 4) is 0 Å². The van der Waals surface area contributed by atoms with Crippen LogP contribution in [0, 0.1) is 12.7 Å². The largest absolute Gasteiger partial charge is 1.00 e. The third-order valence-corrected chi connectivity index (χ3v) is 1.70.